The van der Waals surface area contributed by atoms with Crippen molar-refractivity contribution in [1.29, 1.82) is 0 Å². The highest BCUT2D eigenvalue weighted by atomic mass is 19.1. The second-order valence-electron chi connectivity index (χ2n) is 2.68. The SMILES string of the molecule is [CH2][C@@H]1C[C@H](F)CN1C(=O)C=C. The van der Waals surface area contributed by atoms with E-state index in [4.69, 9.17) is 0 Å². The second-order valence-corrected chi connectivity index (χ2v) is 2.68. The van der Waals surface area contributed by atoms with Gasteiger partial charge in [0.15, 0.2) is 0 Å². The first kappa shape index (κ1) is 8.24. The number of alkyl halides is 1. The second kappa shape index (κ2) is 3.03. The molecule has 1 saturated heterocycles. The zero-order valence-corrected chi connectivity index (χ0v) is 6.29. The lowest BCUT2D eigenvalue weighted by Crippen LogP contribution is -2.32. The van der Waals surface area contributed by atoms with Gasteiger partial charge in [-0.15, -0.1) is 0 Å². The predicted octanol–water partition coefficient (Wildman–Crippen LogP) is 0.945. The molecule has 3 heteroatoms. The smallest absolute Gasteiger partial charge is 0.246 e. The fourth-order valence-corrected chi connectivity index (χ4v) is 1.25. The fraction of sp³-hybridized carbons (Fsp3) is 0.500. The van der Waals surface area contributed by atoms with Gasteiger partial charge in [-0.3, -0.25) is 4.79 Å². The van der Waals surface area contributed by atoms with Gasteiger partial charge in [-0.1, -0.05) is 6.58 Å². The summed E-state index contributed by atoms with van der Waals surface area (Å²) >= 11 is 0. The summed E-state index contributed by atoms with van der Waals surface area (Å²) in [6.07, 6.45) is 0.622. The third kappa shape index (κ3) is 1.59. The van der Waals surface area contributed by atoms with Crippen molar-refractivity contribution in [2.45, 2.75) is 18.6 Å². The summed E-state index contributed by atoms with van der Waals surface area (Å²) in [6.45, 7) is 7.14. The van der Waals surface area contributed by atoms with E-state index in [1.54, 1.807) is 0 Å². The van der Waals surface area contributed by atoms with Crippen LogP contribution in [0.25, 0.3) is 0 Å². The predicted molar refractivity (Wildman–Crippen MR) is 40.6 cm³/mol. The van der Waals surface area contributed by atoms with E-state index >= 15 is 0 Å². The molecule has 2 nitrogen and oxygen atoms in total. The number of amides is 1. The van der Waals surface area contributed by atoms with E-state index in [2.05, 4.69) is 13.5 Å². The molecule has 0 aromatic heterocycles. The highest BCUT2D eigenvalue weighted by Crippen LogP contribution is 2.19. The quantitative estimate of drug-likeness (QED) is 0.517. The number of halogens is 1. The summed E-state index contributed by atoms with van der Waals surface area (Å²) in [5.41, 5.74) is 0. The summed E-state index contributed by atoms with van der Waals surface area (Å²) in [7, 11) is 0. The highest BCUT2D eigenvalue weighted by molar-refractivity contribution is 5.87. The van der Waals surface area contributed by atoms with Crippen LogP contribution in [-0.4, -0.2) is 29.6 Å². The summed E-state index contributed by atoms with van der Waals surface area (Å²) in [5.74, 6) is -0.231. The van der Waals surface area contributed by atoms with Crippen molar-refractivity contribution in [3.8, 4) is 0 Å². The normalized spacial score (nSPS) is 30.5. The number of nitrogens with zero attached hydrogens (tertiary/aromatic N) is 1. The molecule has 1 rings (SSSR count). The molecule has 11 heavy (non-hydrogen) atoms. The molecular formula is C8H11FNO. The highest BCUT2D eigenvalue weighted by Gasteiger charge is 2.30. The van der Waals surface area contributed by atoms with Gasteiger partial charge in [0.05, 0.1) is 6.54 Å². The standard InChI is InChI=1S/C8H11FNO/c1-3-8(11)10-5-7(9)4-6(10)2/h3,6-7H,1-2,4-5H2/t6-,7+/m1/s1. The average Bonchev–Trinajstić information content (AvgIpc) is 2.28. The van der Waals surface area contributed by atoms with Gasteiger partial charge < -0.3 is 4.90 Å². The first-order chi connectivity index (χ1) is 5.15. The van der Waals surface area contributed by atoms with Crippen molar-refractivity contribution in [2.75, 3.05) is 6.54 Å². The Morgan fingerprint density at radius 3 is 2.73 bits per heavy atom. The molecule has 0 aliphatic carbocycles. The van der Waals surface area contributed by atoms with Crippen LogP contribution in [0.4, 0.5) is 4.39 Å². The number of carbonyl (C=O) groups excluding carboxylic acids is 1. The van der Waals surface area contributed by atoms with E-state index in [0.29, 0.717) is 6.42 Å². The van der Waals surface area contributed by atoms with Crippen molar-refractivity contribution in [1.82, 2.24) is 4.90 Å². The van der Waals surface area contributed by atoms with Crippen LogP contribution < -0.4 is 0 Å². The maximum Gasteiger partial charge on any atom is 0.246 e. The van der Waals surface area contributed by atoms with E-state index in [1.807, 2.05) is 0 Å². The zero-order chi connectivity index (χ0) is 8.43. The molecule has 0 N–H and O–H groups in total. The molecule has 1 heterocycles. The molecular weight excluding hydrogens is 145 g/mol. The van der Waals surface area contributed by atoms with Crippen molar-refractivity contribution in [3.63, 3.8) is 0 Å². The Bertz CT molecular complexity index is 181. The van der Waals surface area contributed by atoms with Crippen molar-refractivity contribution in [2.24, 2.45) is 0 Å². The van der Waals surface area contributed by atoms with Crippen molar-refractivity contribution in [3.05, 3.63) is 19.6 Å². The maximum absolute atomic E-state index is 12.7. The van der Waals surface area contributed by atoms with Gasteiger partial charge in [-0.05, 0) is 13.0 Å². The number of likely N-dealkylation sites (tertiary alicyclic amines) is 1. The minimum atomic E-state index is -0.915. The lowest BCUT2D eigenvalue weighted by Gasteiger charge is -2.18. The molecule has 1 amide bonds. The van der Waals surface area contributed by atoms with Gasteiger partial charge >= 0.3 is 0 Å². The minimum Gasteiger partial charge on any atom is -0.333 e. The van der Waals surface area contributed by atoms with Gasteiger partial charge in [0.25, 0.3) is 0 Å². The average molecular weight is 156 g/mol. The van der Waals surface area contributed by atoms with Crippen LogP contribution in [0.3, 0.4) is 0 Å². The van der Waals surface area contributed by atoms with E-state index in [1.165, 1.54) is 11.0 Å². The first-order valence-electron chi connectivity index (χ1n) is 3.55. The van der Waals surface area contributed by atoms with E-state index in [9.17, 15) is 9.18 Å². The molecule has 61 valence electrons. The molecule has 2 atom stereocenters. The van der Waals surface area contributed by atoms with E-state index < -0.39 is 6.17 Å². The lowest BCUT2D eigenvalue weighted by atomic mass is 10.2. The molecule has 1 aliphatic heterocycles. The number of carbonyl (C=O) groups is 1. The Hall–Kier alpha value is -0.860. The first-order valence-corrected chi connectivity index (χ1v) is 3.55. The van der Waals surface area contributed by atoms with Crippen LogP contribution in [0.1, 0.15) is 6.42 Å². The van der Waals surface area contributed by atoms with Crippen LogP contribution in [0.5, 0.6) is 0 Å². The Morgan fingerprint density at radius 1 is 1.73 bits per heavy atom. The van der Waals surface area contributed by atoms with Crippen LogP contribution in [0.2, 0.25) is 0 Å². The summed E-state index contributed by atoms with van der Waals surface area (Å²) < 4.78 is 12.7. The molecule has 1 fully saturated rings. The molecule has 0 bridgehead atoms. The topological polar surface area (TPSA) is 20.3 Å². The molecule has 1 aliphatic rings. The van der Waals surface area contributed by atoms with E-state index in [0.717, 1.165) is 0 Å². The lowest BCUT2D eigenvalue weighted by molar-refractivity contribution is -0.126. The van der Waals surface area contributed by atoms with Crippen LogP contribution in [-0.2, 0) is 4.79 Å². The summed E-state index contributed by atoms with van der Waals surface area (Å²) in [6, 6.07) is -0.226. The fourth-order valence-electron chi connectivity index (χ4n) is 1.25. The van der Waals surface area contributed by atoms with Crippen LogP contribution in [0, 0.1) is 6.92 Å². The minimum absolute atomic E-state index is 0.166. The Morgan fingerprint density at radius 2 is 2.36 bits per heavy atom. The van der Waals surface area contributed by atoms with E-state index in [-0.39, 0.29) is 18.5 Å². The van der Waals surface area contributed by atoms with Gasteiger partial charge in [0.2, 0.25) is 5.91 Å². The third-order valence-corrected chi connectivity index (χ3v) is 1.82. The monoisotopic (exact) mass is 156 g/mol. The van der Waals surface area contributed by atoms with Gasteiger partial charge in [0.1, 0.15) is 6.17 Å². The molecule has 1 radical (unpaired) electrons. The molecule has 0 spiro atoms. The molecule has 0 saturated carbocycles. The van der Waals surface area contributed by atoms with Crippen molar-refractivity contribution < 1.29 is 9.18 Å². The number of rotatable bonds is 1. The zero-order valence-electron chi connectivity index (χ0n) is 6.29. The van der Waals surface area contributed by atoms with Crippen LogP contribution in [0.15, 0.2) is 12.7 Å². The van der Waals surface area contributed by atoms with Gasteiger partial charge in [-0.2, -0.15) is 0 Å². The van der Waals surface area contributed by atoms with Crippen LogP contribution >= 0.6 is 0 Å². The largest absolute Gasteiger partial charge is 0.333 e. The summed E-state index contributed by atoms with van der Waals surface area (Å²) in [4.78, 5) is 12.4. The van der Waals surface area contributed by atoms with Gasteiger partial charge in [-0.25, -0.2) is 4.39 Å². The van der Waals surface area contributed by atoms with Crippen molar-refractivity contribution >= 4 is 5.91 Å². The third-order valence-electron chi connectivity index (χ3n) is 1.82. The Labute approximate surface area is 65.7 Å². The number of hydrogen-bond acceptors (Lipinski definition) is 1. The molecule has 0 unspecified atom stereocenters. The Balaban J connectivity index is 2.59. The number of hydrogen-bond donors (Lipinski definition) is 0. The Kier molecular flexibility index (Phi) is 2.27. The summed E-state index contributed by atoms with van der Waals surface area (Å²) in [5, 5.41) is 0. The maximum atomic E-state index is 12.7. The van der Waals surface area contributed by atoms with Gasteiger partial charge in [0, 0.05) is 12.5 Å². The molecule has 0 aromatic carbocycles. The molecule has 0 aromatic rings.